The number of aldehydes is 1. The van der Waals surface area contributed by atoms with E-state index in [1.165, 1.54) is 6.07 Å². The summed E-state index contributed by atoms with van der Waals surface area (Å²) in [6, 6.07) is 3.85. The average molecular weight is 213 g/mol. The van der Waals surface area contributed by atoms with E-state index in [-0.39, 0.29) is 0 Å². The van der Waals surface area contributed by atoms with Gasteiger partial charge in [0.2, 0.25) is 0 Å². The van der Waals surface area contributed by atoms with Crippen LogP contribution in [0.3, 0.4) is 0 Å². The van der Waals surface area contributed by atoms with Gasteiger partial charge >= 0.3 is 0 Å². The van der Waals surface area contributed by atoms with Crippen LogP contribution in [-0.4, -0.2) is 31.3 Å². The third-order valence-corrected chi connectivity index (χ3v) is 2.15. The summed E-state index contributed by atoms with van der Waals surface area (Å²) in [7, 11) is 1.80. The molecule has 0 saturated heterocycles. The van der Waals surface area contributed by atoms with Gasteiger partial charge in [0.05, 0.1) is 6.54 Å². The Morgan fingerprint density at radius 1 is 1.33 bits per heavy atom. The summed E-state index contributed by atoms with van der Waals surface area (Å²) in [5.41, 5.74) is 0.728. The molecule has 82 valence electrons. The minimum atomic E-state index is -0.833. The number of rotatable bonds is 5. The highest BCUT2D eigenvalue weighted by Crippen LogP contribution is 2.09. The molecule has 0 aliphatic carbocycles. The standard InChI is InChI=1S/C11H13F2NO/c1-14(6-7-15)5-4-9-2-3-10(12)11(13)8-9/h2-3,7-8H,4-6H2,1H3. The fraction of sp³-hybridized carbons (Fsp3) is 0.364. The molecule has 0 bridgehead atoms. The number of benzene rings is 1. The predicted octanol–water partition coefficient (Wildman–Crippen LogP) is 1.64. The number of nitrogens with zero attached hydrogens (tertiary/aromatic N) is 1. The van der Waals surface area contributed by atoms with Crippen molar-refractivity contribution in [1.29, 1.82) is 0 Å². The Balaban J connectivity index is 2.50. The molecule has 4 heteroatoms. The van der Waals surface area contributed by atoms with Gasteiger partial charge in [-0.15, -0.1) is 0 Å². The maximum atomic E-state index is 12.8. The zero-order valence-electron chi connectivity index (χ0n) is 8.54. The fourth-order valence-corrected chi connectivity index (χ4v) is 1.23. The lowest BCUT2D eigenvalue weighted by Gasteiger charge is -2.12. The zero-order chi connectivity index (χ0) is 11.3. The number of hydrogen-bond acceptors (Lipinski definition) is 2. The molecular formula is C11H13F2NO. The van der Waals surface area contributed by atoms with Crippen LogP contribution in [0.15, 0.2) is 18.2 Å². The van der Waals surface area contributed by atoms with Crippen LogP contribution in [0, 0.1) is 11.6 Å². The molecule has 0 spiro atoms. The van der Waals surface area contributed by atoms with E-state index >= 15 is 0 Å². The van der Waals surface area contributed by atoms with E-state index in [9.17, 15) is 13.6 Å². The molecule has 0 radical (unpaired) electrons. The first-order chi connectivity index (χ1) is 7.13. The van der Waals surface area contributed by atoms with E-state index in [0.717, 1.165) is 17.9 Å². The molecule has 0 aromatic heterocycles. The highest BCUT2D eigenvalue weighted by molar-refractivity contribution is 5.51. The molecule has 0 aliphatic heterocycles. The van der Waals surface area contributed by atoms with E-state index in [0.29, 0.717) is 19.5 Å². The molecule has 0 amide bonds. The van der Waals surface area contributed by atoms with E-state index in [1.54, 1.807) is 13.1 Å². The van der Waals surface area contributed by atoms with Crippen LogP contribution in [-0.2, 0) is 11.2 Å². The first kappa shape index (κ1) is 11.8. The largest absolute Gasteiger partial charge is 0.302 e. The van der Waals surface area contributed by atoms with Gasteiger partial charge in [0.15, 0.2) is 11.6 Å². The van der Waals surface area contributed by atoms with Crippen molar-refractivity contribution in [2.75, 3.05) is 20.1 Å². The highest BCUT2D eigenvalue weighted by atomic mass is 19.2. The van der Waals surface area contributed by atoms with Crippen molar-refractivity contribution in [1.82, 2.24) is 4.90 Å². The molecule has 1 aromatic carbocycles. The summed E-state index contributed by atoms with van der Waals surface area (Å²) in [6.45, 7) is 0.994. The van der Waals surface area contributed by atoms with E-state index in [1.807, 2.05) is 4.90 Å². The smallest absolute Gasteiger partial charge is 0.159 e. The minimum Gasteiger partial charge on any atom is -0.302 e. The summed E-state index contributed by atoms with van der Waals surface area (Å²) >= 11 is 0. The Kier molecular flexibility index (Phi) is 4.37. The summed E-state index contributed by atoms with van der Waals surface area (Å²) in [5, 5.41) is 0. The van der Waals surface area contributed by atoms with E-state index < -0.39 is 11.6 Å². The van der Waals surface area contributed by atoms with Gasteiger partial charge in [0.25, 0.3) is 0 Å². The third-order valence-electron chi connectivity index (χ3n) is 2.15. The molecule has 0 atom stereocenters. The first-order valence-corrected chi connectivity index (χ1v) is 4.69. The Bertz CT molecular complexity index is 341. The van der Waals surface area contributed by atoms with Crippen molar-refractivity contribution < 1.29 is 13.6 Å². The van der Waals surface area contributed by atoms with Gasteiger partial charge in [-0.1, -0.05) is 6.07 Å². The zero-order valence-corrected chi connectivity index (χ0v) is 8.54. The van der Waals surface area contributed by atoms with Gasteiger partial charge in [-0.3, -0.25) is 4.90 Å². The summed E-state index contributed by atoms with van der Waals surface area (Å²) < 4.78 is 25.4. The first-order valence-electron chi connectivity index (χ1n) is 4.69. The Labute approximate surface area is 87.5 Å². The third kappa shape index (κ3) is 3.75. The summed E-state index contributed by atoms with van der Waals surface area (Å²) in [5.74, 6) is -1.66. The summed E-state index contributed by atoms with van der Waals surface area (Å²) in [4.78, 5) is 12.0. The van der Waals surface area contributed by atoms with E-state index in [4.69, 9.17) is 0 Å². The molecule has 0 unspecified atom stereocenters. The number of carbonyl (C=O) groups is 1. The number of halogens is 2. The van der Waals surface area contributed by atoms with Gasteiger partial charge in [-0.05, 0) is 31.2 Å². The molecule has 0 aliphatic rings. The molecule has 2 nitrogen and oxygen atoms in total. The second-order valence-corrected chi connectivity index (χ2v) is 3.43. The van der Waals surface area contributed by atoms with Crippen molar-refractivity contribution >= 4 is 6.29 Å². The monoisotopic (exact) mass is 213 g/mol. The summed E-state index contributed by atoms with van der Waals surface area (Å²) in [6.07, 6.45) is 1.41. The maximum absolute atomic E-state index is 12.8. The molecule has 0 heterocycles. The molecule has 0 fully saturated rings. The second kappa shape index (κ2) is 5.56. The predicted molar refractivity (Wildman–Crippen MR) is 53.6 cm³/mol. The van der Waals surface area contributed by atoms with Crippen LogP contribution >= 0.6 is 0 Å². The van der Waals surface area contributed by atoms with Crippen LogP contribution < -0.4 is 0 Å². The lowest BCUT2D eigenvalue weighted by atomic mass is 10.1. The molecular weight excluding hydrogens is 200 g/mol. The Hall–Kier alpha value is -1.29. The quantitative estimate of drug-likeness (QED) is 0.693. The Morgan fingerprint density at radius 3 is 2.67 bits per heavy atom. The second-order valence-electron chi connectivity index (χ2n) is 3.43. The average Bonchev–Trinajstić information content (AvgIpc) is 2.20. The normalized spacial score (nSPS) is 10.7. The molecule has 1 aromatic rings. The fourth-order valence-electron chi connectivity index (χ4n) is 1.23. The SMILES string of the molecule is CN(CC=O)CCc1ccc(F)c(F)c1. The van der Waals surface area contributed by atoms with Gasteiger partial charge in [-0.25, -0.2) is 8.78 Å². The van der Waals surface area contributed by atoms with Crippen LogP contribution in [0.25, 0.3) is 0 Å². The van der Waals surface area contributed by atoms with Crippen molar-refractivity contribution in [3.63, 3.8) is 0 Å². The lowest BCUT2D eigenvalue weighted by molar-refractivity contribution is -0.108. The van der Waals surface area contributed by atoms with Crippen molar-refractivity contribution in [3.05, 3.63) is 35.4 Å². The molecule has 15 heavy (non-hydrogen) atoms. The molecule has 0 N–H and O–H groups in total. The lowest BCUT2D eigenvalue weighted by Crippen LogP contribution is -2.23. The number of likely N-dealkylation sites (N-methyl/N-ethyl adjacent to an activating group) is 1. The Morgan fingerprint density at radius 2 is 2.07 bits per heavy atom. The minimum absolute atomic E-state index is 0.351. The topological polar surface area (TPSA) is 20.3 Å². The van der Waals surface area contributed by atoms with Gasteiger partial charge < -0.3 is 4.79 Å². The van der Waals surface area contributed by atoms with Gasteiger partial charge in [0.1, 0.15) is 6.29 Å². The van der Waals surface area contributed by atoms with E-state index in [2.05, 4.69) is 0 Å². The van der Waals surface area contributed by atoms with Gasteiger partial charge in [0, 0.05) is 6.54 Å². The number of carbonyl (C=O) groups excluding carboxylic acids is 1. The highest BCUT2D eigenvalue weighted by Gasteiger charge is 2.03. The van der Waals surface area contributed by atoms with Gasteiger partial charge in [-0.2, -0.15) is 0 Å². The van der Waals surface area contributed by atoms with Crippen LogP contribution in [0.1, 0.15) is 5.56 Å². The van der Waals surface area contributed by atoms with Crippen LogP contribution in [0.4, 0.5) is 8.78 Å². The van der Waals surface area contributed by atoms with Crippen molar-refractivity contribution in [2.24, 2.45) is 0 Å². The van der Waals surface area contributed by atoms with Crippen LogP contribution in [0.2, 0.25) is 0 Å². The molecule has 1 rings (SSSR count). The maximum Gasteiger partial charge on any atom is 0.159 e. The van der Waals surface area contributed by atoms with Crippen LogP contribution in [0.5, 0.6) is 0 Å². The molecule has 0 saturated carbocycles. The van der Waals surface area contributed by atoms with Crippen molar-refractivity contribution in [3.8, 4) is 0 Å². The van der Waals surface area contributed by atoms with Crippen molar-refractivity contribution in [2.45, 2.75) is 6.42 Å². The number of hydrogen-bond donors (Lipinski definition) is 0.